The van der Waals surface area contributed by atoms with E-state index in [9.17, 15) is 18.5 Å². The van der Waals surface area contributed by atoms with Crippen LogP contribution < -0.4 is 0 Å². The average Bonchev–Trinajstić information content (AvgIpc) is 3.29. The third kappa shape index (κ3) is 2.60. The van der Waals surface area contributed by atoms with Crippen molar-refractivity contribution in [2.75, 3.05) is 6.54 Å². The lowest BCUT2D eigenvalue weighted by molar-refractivity contribution is -0.384. The highest BCUT2D eigenvalue weighted by Crippen LogP contribution is 2.40. The van der Waals surface area contributed by atoms with Gasteiger partial charge >= 0.3 is 0 Å². The lowest BCUT2D eigenvalue weighted by Gasteiger charge is -2.06. The van der Waals surface area contributed by atoms with Gasteiger partial charge in [0.2, 0.25) is 10.0 Å². The van der Waals surface area contributed by atoms with E-state index in [2.05, 4.69) is 0 Å². The fourth-order valence-corrected chi connectivity index (χ4v) is 3.87. The molecular weight excluding hydrogens is 304 g/mol. The molecule has 6 nitrogen and oxygen atoms in total. The standard InChI is InChI=1S/C15H14N2O4S/c1-11-2-4-12(5-3-11)15-10-16(15)22(20,21)14-8-6-13(7-9-14)17(18)19/h2-9,15H,10H2,1H3/t15-,16?/m0/s1. The van der Waals surface area contributed by atoms with Gasteiger partial charge in [-0.1, -0.05) is 29.8 Å². The molecule has 0 amide bonds. The Balaban J connectivity index is 1.82. The molecule has 0 aromatic heterocycles. The Morgan fingerprint density at radius 1 is 1.09 bits per heavy atom. The van der Waals surface area contributed by atoms with Gasteiger partial charge in [0.25, 0.3) is 5.69 Å². The van der Waals surface area contributed by atoms with Gasteiger partial charge in [-0.25, -0.2) is 8.42 Å². The molecule has 0 bridgehead atoms. The van der Waals surface area contributed by atoms with Crippen LogP contribution in [-0.2, 0) is 10.0 Å². The molecule has 0 aliphatic carbocycles. The molecule has 0 radical (unpaired) electrons. The molecule has 2 aromatic carbocycles. The molecule has 1 unspecified atom stereocenters. The first-order valence-electron chi connectivity index (χ1n) is 6.72. The van der Waals surface area contributed by atoms with Gasteiger partial charge in [-0.05, 0) is 24.6 Å². The lowest BCUT2D eigenvalue weighted by Crippen LogP contribution is -2.12. The van der Waals surface area contributed by atoms with Crippen molar-refractivity contribution in [3.8, 4) is 0 Å². The SMILES string of the molecule is Cc1ccc([C@@H]2CN2S(=O)(=O)c2ccc([N+](=O)[O-])cc2)cc1. The summed E-state index contributed by atoms with van der Waals surface area (Å²) in [5, 5.41) is 10.6. The molecule has 114 valence electrons. The van der Waals surface area contributed by atoms with Crippen molar-refractivity contribution in [3.05, 3.63) is 69.8 Å². The molecule has 1 saturated heterocycles. The van der Waals surface area contributed by atoms with Gasteiger partial charge in [-0.3, -0.25) is 10.1 Å². The number of non-ortho nitro benzene ring substituents is 1. The predicted octanol–water partition coefficient (Wildman–Crippen LogP) is 2.65. The van der Waals surface area contributed by atoms with Crippen LogP contribution in [0.4, 0.5) is 5.69 Å². The smallest absolute Gasteiger partial charge is 0.258 e. The summed E-state index contributed by atoms with van der Waals surface area (Å²) in [6, 6.07) is 12.6. The molecule has 1 fully saturated rings. The van der Waals surface area contributed by atoms with Crippen LogP contribution >= 0.6 is 0 Å². The maximum absolute atomic E-state index is 12.5. The van der Waals surface area contributed by atoms with Gasteiger partial charge in [-0.15, -0.1) is 0 Å². The van der Waals surface area contributed by atoms with Crippen LogP contribution in [0.1, 0.15) is 17.2 Å². The van der Waals surface area contributed by atoms with Crippen molar-refractivity contribution in [2.24, 2.45) is 0 Å². The molecule has 0 spiro atoms. The minimum absolute atomic E-state index is 0.0766. The third-order valence-corrected chi connectivity index (χ3v) is 5.57. The molecule has 2 aromatic rings. The summed E-state index contributed by atoms with van der Waals surface area (Å²) < 4.78 is 26.4. The van der Waals surface area contributed by atoms with Crippen molar-refractivity contribution in [1.29, 1.82) is 0 Å². The summed E-state index contributed by atoms with van der Waals surface area (Å²) in [7, 11) is -3.60. The Hall–Kier alpha value is -2.25. The first-order valence-corrected chi connectivity index (χ1v) is 8.16. The molecule has 1 aliphatic heterocycles. The van der Waals surface area contributed by atoms with Crippen LogP contribution in [0.3, 0.4) is 0 Å². The maximum Gasteiger partial charge on any atom is 0.269 e. The monoisotopic (exact) mass is 318 g/mol. The van der Waals surface area contributed by atoms with E-state index in [1.54, 1.807) is 0 Å². The first-order chi connectivity index (χ1) is 10.4. The summed E-state index contributed by atoms with van der Waals surface area (Å²) in [6.07, 6.45) is 0. The number of sulfonamides is 1. The highest BCUT2D eigenvalue weighted by Gasteiger charge is 2.45. The summed E-state index contributed by atoms with van der Waals surface area (Å²) in [6.45, 7) is 2.41. The molecule has 3 rings (SSSR count). The number of nitro groups is 1. The number of hydrogen-bond acceptors (Lipinski definition) is 4. The normalized spacial score (nSPS) is 20.6. The minimum Gasteiger partial charge on any atom is -0.258 e. The van der Waals surface area contributed by atoms with E-state index in [-0.39, 0.29) is 16.6 Å². The topological polar surface area (TPSA) is 80.3 Å². The summed E-state index contributed by atoms with van der Waals surface area (Å²) in [4.78, 5) is 10.1. The highest BCUT2D eigenvalue weighted by atomic mass is 32.2. The molecule has 1 heterocycles. The second kappa shape index (κ2) is 5.19. The zero-order valence-electron chi connectivity index (χ0n) is 11.8. The van der Waals surface area contributed by atoms with Crippen LogP contribution in [0.5, 0.6) is 0 Å². The van der Waals surface area contributed by atoms with Crippen LogP contribution in [-0.4, -0.2) is 24.2 Å². The largest absolute Gasteiger partial charge is 0.269 e. The van der Waals surface area contributed by atoms with Crippen molar-refractivity contribution >= 4 is 15.7 Å². The van der Waals surface area contributed by atoms with Crippen LogP contribution in [0.25, 0.3) is 0 Å². The van der Waals surface area contributed by atoms with E-state index in [1.165, 1.54) is 28.6 Å². The molecule has 2 atom stereocenters. The molecule has 0 saturated carbocycles. The summed E-state index contributed by atoms with van der Waals surface area (Å²) in [5.74, 6) is 0. The Kier molecular flexibility index (Phi) is 3.46. The predicted molar refractivity (Wildman–Crippen MR) is 80.9 cm³/mol. The fourth-order valence-electron chi connectivity index (χ4n) is 2.32. The van der Waals surface area contributed by atoms with Gasteiger partial charge in [-0.2, -0.15) is 4.31 Å². The number of aryl methyl sites for hydroxylation is 1. The van der Waals surface area contributed by atoms with Crippen molar-refractivity contribution < 1.29 is 13.3 Å². The molecule has 1 aliphatic rings. The number of nitrogens with zero attached hydrogens (tertiary/aromatic N) is 2. The molecule has 7 heteroatoms. The Morgan fingerprint density at radius 2 is 1.68 bits per heavy atom. The maximum atomic E-state index is 12.5. The number of nitro benzene ring substituents is 1. The Morgan fingerprint density at radius 3 is 2.23 bits per heavy atom. The average molecular weight is 318 g/mol. The minimum atomic E-state index is -3.60. The second-order valence-electron chi connectivity index (χ2n) is 5.25. The second-order valence-corrected chi connectivity index (χ2v) is 7.14. The fraction of sp³-hybridized carbons (Fsp3) is 0.200. The molecule has 0 N–H and O–H groups in total. The van der Waals surface area contributed by atoms with Crippen LogP contribution in [0.2, 0.25) is 0 Å². The van der Waals surface area contributed by atoms with Gasteiger partial charge in [0.05, 0.1) is 15.9 Å². The molecular formula is C15H14N2O4S. The van der Waals surface area contributed by atoms with E-state index >= 15 is 0 Å². The lowest BCUT2D eigenvalue weighted by atomic mass is 10.1. The van der Waals surface area contributed by atoms with E-state index < -0.39 is 14.9 Å². The third-order valence-electron chi connectivity index (χ3n) is 3.68. The van der Waals surface area contributed by atoms with Crippen molar-refractivity contribution in [2.45, 2.75) is 17.9 Å². The van der Waals surface area contributed by atoms with Gasteiger partial charge in [0.1, 0.15) is 0 Å². The van der Waals surface area contributed by atoms with Crippen molar-refractivity contribution in [1.82, 2.24) is 4.31 Å². The Labute approximate surface area is 128 Å². The molecule has 22 heavy (non-hydrogen) atoms. The van der Waals surface area contributed by atoms with E-state index in [4.69, 9.17) is 0 Å². The van der Waals surface area contributed by atoms with E-state index in [0.717, 1.165) is 11.1 Å². The summed E-state index contributed by atoms with van der Waals surface area (Å²) >= 11 is 0. The van der Waals surface area contributed by atoms with Crippen molar-refractivity contribution in [3.63, 3.8) is 0 Å². The van der Waals surface area contributed by atoms with Gasteiger partial charge in [0, 0.05) is 18.7 Å². The Bertz CT molecular complexity index is 814. The zero-order chi connectivity index (χ0) is 15.9. The van der Waals surface area contributed by atoms with Crippen LogP contribution in [0.15, 0.2) is 53.4 Å². The number of benzene rings is 2. The van der Waals surface area contributed by atoms with Crippen LogP contribution in [0, 0.1) is 17.0 Å². The van der Waals surface area contributed by atoms with E-state index in [0.29, 0.717) is 6.54 Å². The number of rotatable bonds is 4. The number of hydrogen-bond donors (Lipinski definition) is 0. The van der Waals surface area contributed by atoms with Gasteiger partial charge in [0.15, 0.2) is 0 Å². The van der Waals surface area contributed by atoms with Gasteiger partial charge < -0.3 is 0 Å². The summed E-state index contributed by atoms with van der Waals surface area (Å²) in [5.41, 5.74) is 1.95. The first kappa shape index (κ1) is 14.7. The highest BCUT2D eigenvalue weighted by molar-refractivity contribution is 7.89. The van der Waals surface area contributed by atoms with E-state index in [1.807, 2.05) is 31.2 Å². The zero-order valence-corrected chi connectivity index (χ0v) is 12.7. The quantitative estimate of drug-likeness (QED) is 0.493.